The number of aromatic hydroxyl groups is 1. The number of amides is 3. The second kappa shape index (κ2) is 14.7. The summed E-state index contributed by atoms with van der Waals surface area (Å²) >= 11 is 0. The molecule has 0 bridgehead atoms. The smallest absolute Gasteiger partial charge is 0.255 e. The second-order valence-electron chi connectivity index (χ2n) is 14.2. The summed E-state index contributed by atoms with van der Waals surface area (Å²) in [6.45, 7) is 6.39. The van der Waals surface area contributed by atoms with E-state index in [1.165, 1.54) is 11.1 Å². The first-order valence-electron chi connectivity index (χ1n) is 18.4. The number of unbranched alkanes of at least 4 members (excludes halogenated alkanes) is 1. The summed E-state index contributed by atoms with van der Waals surface area (Å²) in [5.74, 6) is 1.27. The quantitative estimate of drug-likeness (QED) is 0.166. The molecule has 2 fully saturated rings. The summed E-state index contributed by atoms with van der Waals surface area (Å²) in [6.07, 6.45) is 2.65. The van der Waals surface area contributed by atoms with Crippen LogP contribution in [0, 0.1) is 0 Å². The Morgan fingerprint density at radius 2 is 1.65 bits per heavy atom. The third kappa shape index (κ3) is 6.95. The van der Waals surface area contributed by atoms with Gasteiger partial charge in [-0.05, 0) is 78.9 Å². The fourth-order valence-electron chi connectivity index (χ4n) is 8.18. The summed E-state index contributed by atoms with van der Waals surface area (Å²) in [6, 6.07) is 29.7. The van der Waals surface area contributed by atoms with Crippen molar-refractivity contribution in [1.82, 2.24) is 15.1 Å². The number of carbonyl (C=O) groups is 3. The maximum atomic E-state index is 13.1. The van der Waals surface area contributed by atoms with E-state index in [0.717, 1.165) is 73.9 Å². The van der Waals surface area contributed by atoms with Crippen LogP contribution in [0.4, 0.5) is 5.69 Å². The Bertz CT molecular complexity index is 1940. The van der Waals surface area contributed by atoms with Gasteiger partial charge in [-0.3, -0.25) is 24.6 Å². The molecule has 268 valence electrons. The largest absolute Gasteiger partial charge is 0.508 e. The van der Waals surface area contributed by atoms with Crippen LogP contribution in [-0.4, -0.2) is 84.6 Å². The predicted octanol–water partition coefficient (Wildman–Crippen LogP) is 5.44. The van der Waals surface area contributed by atoms with Gasteiger partial charge in [-0.2, -0.15) is 0 Å². The van der Waals surface area contributed by atoms with Gasteiger partial charge in [-0.1, -0.05) is 48.5 Å². The van der Waals surface area contributed by atoms with Gasteiger partial charge in [0.1, 0.15) is 23.3 Å². The van der Waals surface area contributed by atoms with Gasteiger partial charge < -0.3 is 24.4 Å². The lowest BCUT2D eigenvalue weighted by Crippen LogP contribution is -2.52. The number of piperazine rings is 1. The molecule has 3 unspecified atom stereocenters. The highest BCUT2D eigenvalue weighted by atomic mass is 16.5. The fourth-order valence-corrected chi connectivity index (χ4v) is 8.18. The van der Waals surface area contributed by atoms with E-state index in [2.05, 4.69) is 69.7 Å². The number of hydrogen-bond donors (Lipinski definition) is 2. The van der Waals surface area contributed by atoms with Crippen molar-refractivity contribution in [3.8, 4) is 17.2 Å². The molecular formula is C42H44N4O6. The van der Waals surface area contributed by atoms with E-state index >= 15 is 0 Å². The Hall–Kier alpha value is -5.35. The van der Waals surface area contributed by atoms with E-state index in [1.54, 1.807) is 17.0 Å². The fraction of sp³-hybridized carbons (Fsp3) is 0.357. The number of nitrogens with one attached hydrogen (secondary N) is 1. The molecule has 4 aliphatic rings. The van der Waals surface area contributed by atoms with Gasteiger partial charge in [0.25, 0.3) is 5.91 Å². The van der Waals surface area contributed by atoms with Crippen molar-refractivity contribution in [2.45, 2.75) is 50.1 Å². The molecule has 0 aliphatic carbocycles. The molecule has 0 radical (unpaired) electrons. The summed E-state index contributed by atoms with van der Waals surface area (Å²) in [7, 11) is 0. The molecule has 4 aromatic rings. The zero-order chi connectivity index (χ0) is 35.6. The van der Waals surface area contributed by atoms with Crippen LogP contribution in [0.5, 0.6) is 17.2 Å². The number of ether oxygens (including phenoxy) is 2. The zero-order valence-electron chi connectivity index (χ0n) is 29.2. The molecule has 2 N–H and O–H groups in total. The van der Waals surface area contributed by atoms with Crippen molar-refractivity contribution in [2.75, 3.05) is 50.8 Å². The van der Waals surface area contributed by atoms with E-state index in [9.17, 15) is 19.5 Å². The summed E-state index contributed by atoms with van der Waals surface area (Å²) in [4.78, 5) is 43.5. The maximum Gasteiger partial charge on any atom is 0.255 e. The molecule has 0 saturated carbocycles. The van der Waals surface area contributed by atoms with Crippen molar-refractivity contribution in [3.63, 3.8) is 0 Å². The minimum absolute atomic E-state index is 0.100. The van der Waals surface area contributed by atoms with Gasteiger partial charge >= 0.3 is 0 Å². The van der Waals surface area contributed by atoms with Crippen LogP contribution in [0.3, 0.4) is 0 Å². The normalized spacial score (nSPS) is 21.7. The first kappa shape index (κ1) is 33.8. The average molecular weight is 701 g/mol. The Morgan fingerprint density at radius 3 is 2.44 bits per heavy atom. The molecule has 2 saturated heterocycles. The minimum atomic E-state index is -0.595. The number of anilines is 1. The number of piperidine rings is 1. The van der Waals surface area contributed by atoms with Crippen LogP contribution in [0.25, 0.3) is 0 Å². The number of carbonyl (C=O) groups excluding carboxylic acids is 3. The van der Waals surface area contributed by atoms with E-state index in [0.29, 0.717) is 31.7 Å². The first-order chi connectivity index (χ1) is 25.4. The van der Waals surface area contributed by atoms with Crippen molar-refractivity contribution in [1.29, 1.82) is 0 Å². The Morgan fingerprint density at radius 1 is 0.846 bits per heavy atom. The van der Waals surface area contributed by atoms with Gasteiger partial charge in [-0.15, -0.1) is 0 Å². The van der Waals surface area contributed by atoms with Crippen molar-refractivity contribution < 1.29 is 29.0 Å². The number of phenols is 1. The lowest BCUT2D eigenvalue weighted by atomic mass is 9.76. The van der Waals surface area contributed by atoms with Crippen LogP contribution < -0.4 is 19.7 Å². The van der Waals surface area contributed by atoms with Crippen LogP contribution >= 0.6 is 0 Å². The minimum Gasteiger partial charge on any atom is -0.508 e. The molecule has 10 nitrogen and oxygen atoms in total. The van der Waals surface area contributed by atoms with E-state index < -0.39 is 6.04 Å². The Balaban J connectivity index is 0.797. The lowest BCUT2D eigenvalue weighted by Gasteiger charge is -2.36. The third-order valence-electron chi connectivity index (χ3n) is 11.0. The standard InChI is InChI=1S/C42H44N4O6/c47-32-11-15-35-38(25-32)52-27-36(28-6-2-1-3-7-28)40(35)29-8-12-33(13-9-29)51-23-5-4-18-44-19-21-45(22-20-44)31-10-14-34-30(24-31)26-46(42(34)50)37-16-17-39(48)43-41(37)49/h1-3,6-15,24-25,36-37,40,47H,4-5,16-23,26-27H2,(H,43,48,49). The predicted molar refractivity (Wildman–Crippen MR) is 197 cm³/mol. The Labute approximate surface area is 303 Å². The van der Waals surface area contributed by atoms with Crippen molar-refractivity contribution >= 4 is 23.4 Å². The number of hydrogen-bond acceptors (Lipinski definition) is 8. The Kier molecular flexibility index (Phi) is 9.56. The molecule has 52 heavy (non-hydrogen) atoms. The summed E-state index contributed by atoms with van der Waals surface area (Å²) in [5, 5.41) is 12.4. The molecule has 8 rings (SSSR count). The first-order valence-corrected chi connectivity index (χ1v) is 18.4. The average Bonchev–Trinajstić information content (AvgIpc) is 3.49. The zero-order valence-corrected chi connectivity index (χ0v) is 29.2. The van der Waals surface area contributed by atoms with Crippen LogP contribution in [0.1, 0.15) is 70.1 Å². The van der Waals surface area contributed by atoms with Crippen LogP contribution in [0.15, 0.2) is 91.0 Å². The third-order valence-corrected chi connectivity index (χ3v) is 11.0. The van der Waals surface area contributed by atoms with Gasteiger partial charge in [0, 0.05) is 73.9 Å². The maximum absolute atomic E-state index is 13.1. The number of rotatable bonds is 10. The molecule has 3 atom stereocenters. The van der Waals surface area contributed by atoms with Gasteiger partial charge in [0.05, 0.1) is 13.2 Å². The molecule has 0 aromatic heterocycles. The van der Waals surface area contributed by atoms with Gasteiger partial charge in [0.15, 0.2) is 0 Å². The summed E-state index contributed by atoms with van der Waals surface area (Å²) in [5.41, 5.74) is 6.19. The molecular weight excluding hydrogens is 656 g/mol. The highest BCUT2D eigenvalue weighted by molar-refractivity contribution is 6.05. The van der Waals surface area contributed by atoms with E-state index in [-0.39, 0.29) is 41.7 Å². The van der Waals surface area contributed by atoms with Crippen LogP contribution in [0.2, 0.25) is 0 Å². The van der Waals surface area contributed by atoms with Gasteiger partial charge in [0.2, 0.25) is 11.8 Å². The highest BCUT2D eigenvalue weighted by Gasteiger charge is 2.39. The monoisotopic (exact) mass is 700 g/mol. The van der Waals surface area contributed by atoms with E-state index in [1.807, 2.05) is 24.3 Å². The van der Waals surface area contributed by atoms with Gasteiger partial charge in [-0.25, -0.2) is 0 Å². The van der Waals surface area contributed by atoms with Crippen molar-refractivity contribution in [2.24, 2.45) is 0 Å². The SMILES string of the molecule is O=C1CCC(N2Cc3cc(N4CCN(CCCCOc5ccc(C6c7ccc(O)cc7OCC6c6ccccc6)cc5)CC4)ccc3C2=O)C(=O)N1. The topological polar surface area (TPSA) is 112 Å². The molecule has 4 aliphatic heterocycles. The van der Waals surface area contributed by atoms with E-state index in [4.69, 9.17) is 9.47 Å². The molecule has 3 amide bonds. The number of nitrogens with zero attached hydrogens (tertiary/aromatic N) is 3. The highest BCUT2D eigenvalue weighted by Crippen LogP contribution is 2.47. The molecule has 0 spiro atoms. The summed E-state index contributed by atoms with van der Waals surface area (Å²) < 4.78 is 12.3. The molecule has 10 heteroatoms. The number of benzene rings is 4. The number of phenolic OH excluding ortho intramolecular Hbond substituents is 1. The second-order valence-corrected chi connectivity index (χ2v) is 14.2. The molecule has 4 heterocycles. The number of fused-ring (bicyclic) bond motifs is 2. The van der Waals surface area contributed by atoms with Crippen LogP contribution in [-0.2, 0) is 16.1 Å². The number of imide groups is 1. The lowest BCUT2D eigenvalue weighted by molar-refractivity contribution is -0.136. The van der Waals surface area contributed by atoms with Crippen molar-refractivity contribution in [3.05, 3.63) is 119 Å². The molecule has 4 aromatic carbocycles.